The molecule has 0 radical (unpaired) electrons. The molecule has 0 saturated carbocycles. The molecule has 0 aromatic rings. The Morgan fingerprint density at radius 3 is 1.57 bits per heavy atom. The average Bonchev–Trinajstić information content (AvgIpc) is 2.05. The van der Waals surface area contributed by atoms with Gasteiger partial charge in [0.25, 0.3) is 0 Å². The highest BCUT2D eigenvalue weighted by molar-refractivity contribution is 7.80. The van der Waals surface area contributed by atoms with Gasteiger partial charge in [-0.2, -0.15) is 12.6 Å². The molecule has 0 spiro atoms. The van der Waals surface area contributed by atoms with Gasteiger partial charge in [0, 0.05) is 0 Å². The van der Waals surface area contributed by atoms with Crippen LogP contribution in [0.15, 0.2) is 0 Å². The molecule has 0 unspecified atom stereocenters. The Morgan fingerprint density at radius 1 is 0.857 bits per heavy atom. The molecule has 0 fully saturated rings. The second-order valence-corrected chi connectivity index (χ2v) is 5.24. The Balaban J connectivity index is 0. The van der Waals surface area contributed by atoms with Gasteiger partial charge in [0.15, 0.2) is 0 Å². The molecule has 0 aliphatic rings. The molecule has 1 heteroatoms. The third-order valence-corrected chi connectivity index (χ3v) is 2.35. The van der Waals surface area contributed by atoms with Crippen LogP contribution in [0.4, 0.5) is 0 Å². The molecule has 0 amide bonds. The van der Waals surface area contributed by atoms with Crippen molar-refractivity contribution >= 4 is 12.6 Å². The van der Waals surface area contributed by atoms with Crippen molar-refractivity contribution in [3.05, 3.63) is 0 Å². The molecule has 0 aromatic heterocycles. The van der Waals surface area contributed by atoms with E-state index in [-0.39, 0.29) is 0 Å². The highest BCUT2D eigenvalue weighted by Crippen LogP contribution is 2.06. The van der Waals surface area contributed by atoms with Gasteiger partial charge < -0.3 is 0 Å². The molecular weight excluding hydrogens is 188 g/mol. The van der Waals surface area contributed by atoms with Crippen LogP contribution in [0.2, 0.25) is 0 Å². The summed E-state index contributed by atoms with van der Waals surface area (Å²) >= 11 is 4.06. The third-order valence-electron chi connectivity index (χ3n) is 2.09. The van der Waals surface area contributed by atoms with Crippen molar-refractivity contribution in [2.24, 2.45) is 11.8 Å². The second-order valence-electron chi connectivity index (χ2n) is 4.80. The third kappa shape index (κ3) is 22.8. The molecule has 0 aliphatic carbocycles. The topological polar surface area (TPSA) is 0 Å². The molecule has 0 saturated heterocycles. The molecule has 0 rings (SSSR count). The van der Waals surface area contributed by atoms with Crippen molar-refractivity contribution in [1.29, 1.82) is 0 Å². The number of hydrogen-bond acceptors (Lipinski definition) is 1. The highest BCUT2D eigenvalue weighted by atomic mass is 32.1. The van der Waals surface area contributed by atoms with E-state index in [1.165, 1.54) is 32.1 Å². The Labute approximate surface area is 97.3 Å². The zero-order chi connectivity index (χ0) is 11.4. The van der Waals surface area contributed by atoms with Gasteiger partial charge in [0.1, 0.15) is 0 Å². The fraction of sp³-hybridized carbons (Fsp3) is 1.00. The van der Waals surface area contributed by atoms with E-state index >= 15 is 0 Å². The summed E-state index contributed by atoms with van der Waals surface area (Å²) in [6, 6.07) is 0. The molecule has 0 atom stereocenters. The molecule has 0 heterocycles. The SMILES string of the molecule is CC(C)CCS.CCCCCC(C)C. The highest BCUT2D eigenvalue weighted by Gasteiger charge is 1.90. The van der Waals surface area contributed by atoms with Gasteiger partial charge in [-0.25, -0.2) is 0 Å². The predicted octanol–water partition coefficient (Wildman–Crippen LogP) is 5.19. The Hall–Kier alpha value is 0.350. The van der Waals surface area contributed by atoms with Crippen molar-refractivity contribution in [2.45, 2.75) is 66.7 Å². The lowest BCUT2D eigenvalue weighted by molar-refractivity contribution is 0.534. The van der Waals surface area contributed by atoms with Crippen LogP contribution in [0.5, 0.6) is 0 Å². The van der Waals surface area contributed by atoms with Gasteiger partial charge >= 0.3 is 0 Å². The largest absolute Gasteiger partial charge is 0.179 e. The molecule has 0 aliphatic heterocycles. The van der Waals surface area contributed by atoms with Crippen LogP contribution >= 0.6 is 12.6 Å². The van der Waals surface area contributed by atoms with Crippen molar-refractivity contribution in [3.8, 4) is 0 Å². The lowest BCUT2D eigenvalue weighted by Gasteiger charge is -2.00. The standard InChI is InChI=1S/C8H18.C5H12S/c1-4-5-6-7-8(2)3;1-5(2)3-4-6/h8H,4-7H2,1-3H3;5-6H,3-4H2,1-2H3. The minimum absolute atomic E-state index is 0.822. The second kappa shape index (κ2) is 13.4. The maximum atomic E-state index is 4.06. The summed E-state index contributed by atoms with van der Waals surface area (Å²) in [4.78, 5) is 0. The predicted molar refractivity (Wildman–Crippen MR) is 72.3 cm³/mol. The number of rotatable bonds is 6. The van der Waals surface area contributed by atoms with E-state index in [0.29, 0.717) is 0 Å². The quantitative estimate of drug-likeness (QED) is 0.460. The Bertz CT molecular complexity index is 87.2. The minimum Gasteiger partial charge on any atom is -0.179 e. The average molecular weight is 218 g/mol. The van der Waals surface area contributed by atoms with Gasteiger partial charge in [-0.1, -0.05) is 60.3 Å². The molecule has 0 N–H and O–H groups in total. The summed E-state index contributed by atoms with van der Waals surface area (Å²) in [6.07, 6.45) is 6.84. The van der Waals surface area contributed by atoms with E-state index in [2.05, 4.69) is 47.2 Å². The fourth-order valence-corrected chi connectivity index (χ4v) is 1.58. The Morgan fingerprint density at radius 2 is 1.36 bits per heavy atom. The first kappa shape index (κ1) is 16.8. The van der Waals surface area contributed by atoms with Crippen LogP contribution in [-0.4, -0.2) is 5.75 Å². The van der Waals surface area contributed by atoms with E-state index in [4.69, 9.17) is 0 Å². The van der Waals surface area contributed by atoms with E-state index in [0.717, 1.165) is 17.6 Å². The summed E-state index contributed by atoms with van der Waals surface area (Å²) in [5, 5.41) is 0. The molecule has 0 aromatic carbocycles. The maximum absolute atomic E-state index is 4.06. The number of unbranched alkanes of at least 4 members (excludes halogenated alkanes) is 2. The van der Waals surface area contributed by atoms with Gasteiger partial charge in [-0.3, -0.25) is 0 Å². The van der Waals surface area contributed by atoms with Gasteiger partial charge in [0.2, 0.25) is 0 Å². The van der Waals surface area contributed by atoms with E-state index in [1.54, 1.807) is 0 Å². The summed E-state index contributed by atoms with van der Waals surface area (Å²) < 4.78 is 0. The van der Waals surface area contributed by atoms with Crippen molar-refractivity contribution < 1.29 is 0 Å². The molecule has 14 heavy (non-hydrogen) atoms. The fourth-order valence-electron chi connectivity index (χ4n) is 1.06. The Kier molecular flexibility index (Phi) is 16.0. The first-order chi connectivity index (χ1) is 6.54. The summed E-state index contributed by atoms with van der Waals surface area (Å²) in [7, 11) is 0. The molecule has 0 nitrogen and oxygen atoms in total. The lowest BCUT2D eigenvalue weighted by Crippen LogP contribution is -1.85. The summed E-state index contributed by atoms with van der Waals surface area (Å²) in [5.41, 5.74) is 0. The molecule has 0 bridgehead atoms. The van der Waals surface area contributed by atoms with Crippen LogP contribution in [0.1, 0.15) is 66.7 Å². The van der Waals surface area contributed by atoms with Gasteiger partial charge in [-0.05, 0) is 24.0 Å². The van der Waals surface area contributed by atoms with Gasteiger partial charge in [-0.15, -0.1) is 0 Å². The van der Waals surface area contributed by atoms with Crippen LogP contribution in [-0.2, 0) is 0 Å². The lowest BCUT2D eigenvalue weighted by atomic mass is 10.1. The van der Waals surface area contributed by atoms with Crippen LogP contribution in [0, 0.1) is 11.8 Å². The molecule has 88 valence electrons. The van der Waals surface area contributed by atoms with Crippen LogP contribution < -0.4 is 0 Å². The van der Waals surface area contributed by atoms with Gasteiger partial charge in [0.05, 0.1) is 0 Å². The van der Waals surface area contributed by atoms with Crippen molar-refractivity contribution in [2.75, 3.05) is 5.75 Å². The number of hydrogen-bond donors (Lipinski definition) is 1. The maximum Gasteiger partial charge on any atom is -0.00955 e. The molecular formula is C13H30S. The van der Waals surface area contributed by atoms with Crippen LogP contribution in [0.3, 0.4) is 0 Å². The van der Waals surface area contributed by atoms with Crippen molar-refractivity contribution in [1.82, 2.24) is 0 Å². The smallest absolute Gasteiger partial charge is 0.00955 e. The van der Waals surface area contributed by atoms with E-state index < -0.39 is 0 Å². The normalized spacial score (nSPS) is 10.3. The first-order valence-electron chi connectivity index (χ1n) is 6.15. The monoisotopic (exact) mass is 218 g/mol. The zero-order valence-corrected chi connectivity index (χ0v) is 11.7. The summed E-state index contributed by atoms with van der Waals surface area (Å²) in [5.74, 6) is 2.75. The summed E-state index contributed by atoms with van der Waals surface area (Å²) in [6.45, 7) is 11.2. The van der Waals surface area contributed by atoms with E-state index in [1.807, 2.05) is 0 Å². The van der Waals surface area contributed by atoms with Crippen molar-refractivity contribution in [3.63, 3.8) is 0 Å². The van der Waals surface area contributed by atoms with Crippen LogP contribution in [0.25, 0.3) is 0 Å². The number of thiol groups is 1. The first-order valence-corrected chi connectivity index (χ1v) is 6.78. The van der Waals surface area contributed by atoms with E-state index in [9.17, 15) is 0 Å². The minimum atomic E-state index is 0.822. The zero-order valence-electron chi connectivity index (χ0n) is 10.8.